The molecule has 0 aliphatic carbocycles. The summed E-state index contributed by atoms with van der Waals surface area (Å²) in [6.07, 6.45) is 2.63. The van der Waals surface area contributed by atoms with E-state index in [0.717, 1.165) is 24.0 Å². The van der Waals surface area contributed by atoms with E-state index in [4.69, 9.17) is 9.47 Å². The van der Waals surface area contributed by atoms with Crippen molar-refractivity contribution in [3.8, 4) is 11.5 Å². The van der Waals surface area contributed by atoms with Crippen LogP contribution in [0.3, 0.4) is 0 Å². The van der Waals surface area contributed by atoms with Gasteiger partial charge in [-0.25, -0.2) is 0 Å². The molecule has 0 saturated heterocycles. The molecule has 0 radical (unpaired) electrons. The Balaban J connectivity index is 2.56. The Kier molecular flexibility index (Phi) is 7.58. The lowest BCUT2D eigenvalue weighted by molar-refractivity contribution is 0.230. The van der Waals surface area contributed by atoms with Gasteiger partial charge in [0.05, 0.1) is 13.2 Å². The largest absolute Gasteiger partial charge is 0.493 e. The molecule has 3 nitrogen and oxygen atoms in total. The highest BCUT2D eigenvalue weighted by Gasteiger charge is 2.08. The molecule has 0 saturated carbocycles. The van der Waals surface area contributed by atoms with Crippen LogP contribution in [0, 0.1) is 5.92 Å². The van der Waals surface area contributed by atoms with Crippen LogP contribution in [0.15, 0.2) is 18.2 Å². The number of methoxy groups -OCH3 is 1. The first-order valence-electron chi connectivity index (χ1n) is 7.99. The quantitative estimate of drug-likeness (QED) is 0.732. The topological polar surface area (TPSA) is 30.5 Å². The van der Waals surface area contributed by atoms with Gasteiger partial charge in [0.15, 0.2) is 11.5 Å². The lowest BCUT2D eigenvalue weighted by Crippen LogP contribution is -2.25. The van der Waals surface area contributed by atoms with Crippen LogP contribution in [-0.2, 0) is 6.54 Å². The third kappa shape index (κ3) is 6.85. The second kappa shape index (κ2) is 8.93. The van der Waals surface area contributed by atoms with Gasteiger partial charge >= 0.3 is 0 Å². The molecule has 1 aromatic carbocycles. The van der Waals surface area contributed by atoms with Crippen molar-refractivity contribution in [2.24, 2.45) is 5.92 Å². The molecule has 1 aromatic rings. The number of nitrogens with one attached hydrogen (secondary N) is 1. The van der Waals surface area contributed by atoms with Crippen molar-refractivity contribution < 1.29 is 9.47 Å². The smallest absolute Gasteiger partial charge is 0.161 e. The van der Waals surface area contributed by atoms with Gasteiger partial charge in [-0.1, -0.05) is 19.9 Å². The highest BCUT2D eigenvalue weighted by atomic mass is 16.5. The fraction of sp³-hybridized carbons (Fsp3) is 0.667. The summed E-state index contributed by atoms with van der Waals surface area (Å²) in [6.45, 7) is 11.7. The molecule has 0 aromatic heterocycles. The minimum atomic E-state index is 0.152. The first kappa shape index (κ1) is 17.8. The zero-order valence-electron chi connectivity index (χ0n) is 14.4. The summed E-state index contributed by atoms with van der Waals surface area (Å²) >= 11 is 0. The molecule has 0 amide bonds. The number of rotatable bonds is 9. The van der Waals surface area contributed by atoms with Gasteiger partial charge in [-0.3, -0.25) is 0 Å². The average Bonchev–Trinajstić information content (AvgIpc) is 2.43. The fourth-order valence-electron chi connectivity index (χ4n) is 2.15. The van der Waals surface area contributed by atoms with Crippen LogP contribution in [0.1, 0.15) is 53.0 Å². The van der Waals surface area contributed by atoms with Gasteiger partial charge in [0.2, 0.25) is 0 Å². The first-order chi connectivity index (χ1) is 9.92. The SMILES string of the molecule is COc1cc(CNC(C)CCC(C)C)ccc1OC(C)C. The Morgan fingerprint density at radius 3 is 2.29 bits per heavy atom. The van der Waals surface area contributed by atoms with E-state index < -0.39 is 0 Å². The van der Waals surface area contributed by atoms with E-state index in [-0.39, 0.29) is 6.10 Å². The van der Waals surface area contributed by atoms with Crippen molar-refractivity contribution in [2.75, 3.05) is 7.11 Å². The second-order valence-electron chi connectivity index (χ2n) is 6.40. The summed E-state index contributed by atoms with van der Waals surface area (Å²) in [7, 11) is 1.69. The third-order valence-electron chi connectivity index (χ3n) is 3.42. The number of ether oxygens (including phenoxy) is 2. The van der Waals surface area contributed by atoms with Crippen LogP contribution in [0.2, 0.25) is 0 Å². The van der Waals surface area contributed by atoms with E-state index in [9.17, 15) is 0 Å². The maximum atomic E-state index is 5.74. The minimum Gasteiger partial charge on any atom is -0.493 e. The molecule has 3 heteroatoms. The predicted molar refractivity (Wildman–Crippen MR) is 89.1 cm³/mol. The van der Waals surface area contributed by atoms with Gasteiger partial charge in [0.1, 0.15) is 0 Å². The van der Waals surface area contributed by atoms with Crippen LogP contribution in [0.25, 0.3) is 0 Å². The molecule has 0 spiro atoms. The molecule has 0 fully saturated rings. The molecule has 0 heterocycles. The summed E-state index contributed by atoms with van der Waals surface area (Å²) in [4.78, 5) is 0. The maximum Gasteiger partial charge on any atom is 0.161 e. The van der Waals surface area contributed by atoms with Crippen molar-refractivity contribution in [2.45, 2.75) is 66.2 Å². The van der Waals surface area contributed by atoms with Crippen molar-refractivity contribution in [1.82, 2.24) is 5.32 Å². The molecule has 1 N–H and O–H groups in total. The van der Waals surface area contributed by atoms with E-state index in [1.165, 1.54) is 18.4 Å². The summed E-state index contributed by atoms with van der Waals surface area (Å²) in [5.41, 5.74) is 1.22. The van der Waals surface area contributed by atoms with Gasteiger partial charge in [0.25, 0.3) is 0 Å². The van der Waals surface area contributed by atoms with Gasteiger partial charge in [-0.05, 0) is 57.2 Å². The highest BCUT2D eigenvalue weighted by molar-refractivity contribution is 5.43. The van der Waals surface area contributed by atoms with Crippen molar-refractivity contribution >= 4 is 0 Å². The van der Waals surface area contributed by atoms with Crippen LogP contribution in [0.5, 0.6) is 11.5 Å². The van der Waals surface area contributed by atoms with Crippen LogP contribution in [-0.4, -0.2) is 19.3 Å². The summed E-state index contributed by atoms with van der Waals surface area (Å²) in [6, 6.07) is 6.68. The van der Waals surface area contributed by atoms with Gasteiger partial charge < -0.3 is 14.8 Å². The maximum absolute atomic E-state index is 5.74. The van der Waals surface area contributed by atoms with E-state index in [2.05, 4.69) is 38.2 Å². The second-order valence-corrected chi connectivity index (χ2v) is 6.40. The minimum absolute atomic E-state index is 0.152. The van der Waals surface area contributed by atoms with E-state index in [1.54, 1.807) is 7.11 Å². The lowest BCUT2D eigenvalue weighted by atomic mass is 10.0. The van der Waals surface area contributed by atoms with Gasteiger partial charge in [-0.15, -0.1) is 0 Å². The Morgan fingerprint density at radius 2 is 1.71 bits per heavy atom. The molecule has 1 rings (SSSR count). The Morgan fingerprint density at radius 1 is 1.00 bits per heavy atom. The van der Waals surface area contributed by atoms with E-state index in [1.807, 2.05) is 19.9 Å². The molecule has 0 bridgehead atoms. The summed E-state index contributed by atoms with van der Waals surface area (Å²) in [5, 5.41) is 3.57. The van der Waals surface area contributed by atoms with Gasteiger partial charge in [-0.2, -0.15) is 0 Å². The van der Waals surface area contributed by atoms with E-state index >= 15 is 0 Å². The molecule has 1 unspecified atom stereocenters. The molecular formula is C18H31NO2. The zero-order valence-corrected chi connectivity index (χ0v) is 14.4. The van der Waals surface area contributed by atoms with E-state index in [0.29, 0.717) is 6.04 Å². The van der Waals surface area contributed by atoms with Crippen LogP contribution >= 0.6 is 0 Å². The van der Waals surface area contributed by atoms with Crippen molar-refractivity contribution in [3.05, 3.63) is 23.8 Å². The summed E-state index contributed by atoms with van der Waals surface area (Å²) < 4.78 is 11.2. The van der Waals surface area contributed by atoms with Crippen LogP contribution < -0.4 is 14.8 Å². The number of hydrogen-bond acceptors (Lipinski definition) is 3. The van der Waals surface area contributed by atoms with Gasteiger partial charge in [0, 0.05) is 12.6 Å². The van der Waals surface area contributed by atoms with Crippen molar-refractivity contribution in [1.29, 1.82) is 0 Å². The molecule has 21 heavy (non-hydrogen) atoms. The molecule has 120 valence electrons. The fourth-order valence-corrected chi connectivity index (χ4v) is 2.15. The Hall–Kier alpha value is -1.22. The predicted octanol–water partition coefficient (Wildman–Crippen LogP) is 4.40. The zero-order chi connectivity index (χ0) is 15.8. The monoisotopic (exact) mass is 293 g/mol. The molecule has 1 atom stereocenters. The standard InChI is InChI=1S/C18H31NO2/c1-13(2)7-8-15(5)19-12-16-9-10-17(21-14(3)4)18(11-16)20-6/h9-11,13-15,19H,7-8,12H2,1-6H3. The Bertz CT molecular complexity index is 416. The molecular weight excluding hydrogens is 262 g/mol. The molecule has 0 aliphatic rings. The summed E-state index contributed by atoms with van der Waals surface area (Å²) in [5.74, 6) is 2.38. The third-order valence-corrected chi connectivity index (χ3v) is 3.42. The average molecular weight is 293 g/mol. The number of benzene rings is 1. The van der Waals surface area contributed by atoms with Crippen LogP contribution in [0.4, 0.5) is 0 Å². The normalized spacial score (nSPS) is 12.8. The lowest BCUT2D eigenvalue weighted by Gasteiger charge is -2.17. The number of hydrogen-bond donors (Lipinski definition) is 1. The molecule has 0 aliphatic heterocycles. The van der Waals surface area contributed by atoms with Crippen molar-refractivity contribution in [3.63, 3.8) is 0 Å². The highest BCUT2D eigenvalue weighted by Crippen LogP contribution is 2.29. The first-order valence-corrected chi connectivity index (χ1v) is 7.99. The Labute approximate surface area is 130 Å².